The predicted molar refractivity (Wildman–Crippen MR) is 79.6 cm³/mol. The summed E-state index contributed by atoms with van der Waals surface area (Å²) in [6, 6.07) is 10.1. The number of aromatic nitrogens is 1. The molecule has 2 rings (SSSR count). The molecule has 1 N–H and O–H groups in total. The van der Waals surface area contributed by atoms with Crippen molar-refractivity contribution in [3.8, 4) is 5.69 Å². The zero-order valence-electron chi connectivity index (χ0n) is 12.1. The van der Waals surface area contributed by atoms with Crippen molar-refractivity contribution in [2.45, 2.75) is 19.4 Å². The highest BCUT2D eigenvalue weighted by molar-refractivity contribution is 5.96. The average molecular weight is 286 g/mol. The molecule has 0 aliphatic rings. The molecule has 0 fully saturated rings. The maximum absolute atomic E-state index is 12.4. The van der Waals surface area contributed by atoms with Crippen molar-refractivity contribution >= 4 is 11.9 Å². The Hall–Kier alpha value is -2.56. The van der Waals surface area contributed by atoms with Gasteiger partial charge in [-0.1, -0.05) is 13.0 Å². The lowest BCUT2D eigenvalue weighted by Gasteiger charge is -2.24. The Kier molecular flexibility index (Phi) is 4.42. The molecular weight excluding hydrogens is 268 g/mol. The summed E-state index contributed by atoms with van der Waals surface area (Å²) in [5.41, 5.74) is 1.34. The number of hydrogen-bond donors (Lipinski definition) is 1. The molecule has 21 heavy (non-hydrogen) atoms. The predicted octanol–water partition coefficient (Wildman–Crippen LogP) is 2.41. The summed E-state index contributed by atoms with van der Waals surface area (Å²) in [6.45, 7) is 1.75. The van der Waals surface area contributed by atoms with E-state index in [0.29, 0.717) is 12.0 Å². The molecule has 0 aliphatic heterocycles. The minimum atomic E-state index is -0.991. The molecule has 1 atom stereocenters. The zero-order valence-corrected chi connectivity index (χ0v) is 12.1. The SMILES string of the molecule is CCC(C(=O)O)N(C)C(=O)c1cccc(-n2cccc2)c1. The van der Waals surface area contributed by atoms with E-state index in [-0.39, 0.29) is 5.91 Å². The fourth-order valence-electron chi connectivity index (χ4n) is 2.27. The summed E-state index contributed by atoms with van der Waals surface area (Å²) in [5, 5.41) is 9.15. The average Bonchev–Trinajstić information content (AvgIpc) is 3.01. The van der Waals surface area contributed by atoms with E-state index >= 15 is 0 Å². The van der Waals surface area contributed by atoms with Gasteiger partial charge in [0.2, 0.25) is 0 Å². The minimum Gasteiger partial charge on any atom is -0.480 e. The molecule has 2 aromatic rings. The normalized spacial score (nSPS) is 11.9. The van der Waals surface area contributed by atoms with Gasteiger partial charge in [-0.05, 0) is 36.8 Å². The first-order chi connectivity index (χ1) is 10.0. The fraction of sp³-hybridized carbons (Fsp3) is 0.250. The molecule has 1 amide bonds. The molecule has 0 aliphatic carbocycles. The van der Waals surface area contributed by atoms with E-state index in [2.05, 4.69) is 0 Å². The van der Waals surface area contributed by atoms with Crippen LogP contribution in [0.5, 0.6) is 0 Å². The van der Waals surface area contributed by atoms with Gasteiger partial charge in [-0.25, -0.2) is 4.79 Å². The Balaban J connectivity index is 2.27. The Labute approximate surface area is 123 Å². The van der Waals surface area contributed by atoms with Crippen LogP contribution in [0.1, 0.15) is 23.7 Å². The highest BCUT2D eigenvalue weighted by Gasteiger charge is 2.25. The third-order valence-electron chi connectivity index (χ3n) is 3.46. The summed E-state index contributed by atoms with van der Waals surface area (Å²) in [5.74, 6) is -1.28. The van der Waals surface area contributed by atoms with E-state index in [1.54, 1.807) is 25.1 Å². The molecule has 1 aromatic carbocycles. The summed E-state index contributed by atoms with van der Waals surface area (Å²) < 4.78 is 1.89. The summed E-state index contributed by atoms with van der Waals surface area (Å²) >= 11 is 0. The van der Waals surface area contributed by atoms with E-state index in [1.165, 1.54) is 11.9 Å². The topological polar surface area (TPSA) is 62.5 Å². The monoisotopic (exact) mass is 286 g/mol. The molecule has 0 radical (unpaired) electrons. The van der Waals surface area contributed by atoms with Crippen LogP contribution < -0.4 is 0 Å². The Morgan fingerprint density at radius 1 is 1.24 bits per heavy atom. The van der Waals surface area contributed by atoms with Gasteiger partial charge in [0, 0.05) is 30.7 Å². The molecular formula is C16H18N2O3. The summed E-state index contributed by atoms with van der Waals surface area (Å²) in [6.07, 6.45) is 4.15. The quantitative estimate of drug-likeness (QED) is 0.918. The van der Waals surface area contributed by atoms with Crippen molar-refractivity contribution in [2.75, 3.05) is 7.05 Å². The van der Waals surface area contributed by atoms with Crippen molar-refractivity contribution in [1.29, 1.82) is 0 Å². The first kappa shape index (κ1) is 14.8. The van der Waals surface area contributed by atoms with Gasteiger partial charge in [0.1, 0.15) is 6.04 Å². The Morgan fingerprint density at radius 2 is 1.90 bits per heavy atom. The van der Waals surface area contributed by atoms with Crippen molar-refractivity contribution in [2.24, 2.45) is 0 Å². The third-order valence-corrected chi connectivity index (χ3v) is 3.46. The van der Waals surface area contributed by atoms with Crippen LogP contribution in [-0.4, -0.2) is 39.5 Å². The smallest absolute Gasteiger partial charge is 0.326 e. The standard InChI is InChI=1S/C16H18N2O3/c1-3-14(16(20)21)17(2)15(19)12-7-6-8-13(11-12)18-9-4-5-10-18/h4-11,14H,3H2,1-2H3,(H,20,21). The Bertz CT molecular complexity index is 635. The van der Waals surface area contributed by atoms with E-state index in [1.807, 2.05) is 35.2 Å². The van der Waals surface area contributed by atoms with Gasteiger partial charge in [0.25, 0.3) is 5.91 Å². The summed E-state index contributed by atoms with van der Waals surface area (Å²) in [4.78, 5) is 24.9. The number of carboxylic acid groups (broad SMARTS) is 1. The number of nitrogens with zero attached hydrogens (tertiary/aromatic N) is 2. The van der Waals surface area contributed by atoms with Crippen molar-refractivity contribution in [1.82, 2.24) is 9.47 Å². The second kappa shape index (κ2) is 6.26. The molecule has 1 aromatic heterocycles. The van der Waals surface area contributed by atoms with E-state index in [0.717, 1.165) is 5.69 Å². The second-order valence-electron chi connectivity index (χ2n) is 4.82. The first-order valence-corrected chi connectivity index (χ1v) is 6.78. The molecule has 1 unspecified atom stereocenters. The molecule has 0 saturated heterocycles. The number of rotatable bonds is 5. The molecule has 0 bridgehead atoms. The van der Waals surface area contributed by atoms with Crippen molar-refractivity contribution in [3.63, 3.8) is 0 Å². The number of carbonyl (C=O) groups excluding carboxylic acids is 1. The molecule has 0 saturated carbocycles. The van der Waals surface area contributed by atoms with Gasteiger partial charge in [0.05, 0.1) is 0 Å². The van der Waals surface area contributed by atoms with E-state index in [4.69, 9.17) is 5.11 Å². The van der Waals surface area contributed by atoms with Crippen LogP contribution in [0.2, 0.25) is 0 Å². The molecule has 0 spiro atoms. The first-order valence-electron chi connectivity index (χ1n) is 6.78. The van der Waals surface area contributed by atoms with Gasteiger partial charge >= 0.3 is 5.97 Å². The van der Waals surface area contributed by atoms with Crippen LogP contribution in [0.4, 0.5) is 0 Å². The number of likely N-dealkylation sites (N-methyl/N-ethyl adjacent to an activating group) is 1. The van der Waals surface area contributed by atoms with Gasteiger partial charge in [-0.2, -0.15) is 0 Å². The highest BCUT2D eigenvalue weighted by atomic mass is 16.4. The maximum Gasteiger partial charge on any atom is 0.326 e. The van der Waals surface area contributed by atoms with Crippen LogP contribution in [-0.2, 0) is 4.79 Å². The fourth-order valence-corrected chi connectivity index (χ4v) is 2.27. The number of benzene rings is 1. The number of amides is 1. The summed E-state index contributed by atoms with van der Waals surface area (Å²) in [7, 11) is 1.52. The number of carbonyl (C=O) groups is 2. The Morgan fingerprint density at radius 3 is 2.48 bits per heavy atom. The van der Waals surface area contributed by atoms with Gasteiger partial charge in [-0.3, -0.25) is 4.79 Å². The lowest BCUT2D eigenvalue weighted by molar-refractivity contribution is -0.142. The van der Waals surface area contributed by atoms with Crippen molar-refractivity contribution in [3.05, 3.63) is 54.4 Å². The van der Waals surface area contributed by atoms with Crippen LogP contribution in [0.3, 0.4) is 0 Å². The van der Waals surface area contributed by atoms with E-state index in [9.17, 15) is 9.59 Å². The van der Waals surface area contributed by atoms with E-state index < -0.39 is 12.0 Å². The molecule has 1 heterocycles. The van der Waals surface area contributed by atoms with Crippen LogP contribution >= 0.6 is 0 Å². The van der Waals surface area contributed by atoms with Crippen LogP contribution in [0.15, 0.2) is 48.8 Å². The second-order valence-corrected chi connectivity index (χ2v) is 4.82. The molecule has 110 valence electrons. The lowest BCUT2D eigenvalue weighted by atomic mass is 10.1. The molecule has 5 heteroatoms. The van der Waals surface area contributed by atoms with Gasteiger partial charge in [0.15, 0.2) is 0 Å². The number of hydrogen-bond acceptors (Lipinski definition) is 2. The maximum atomic E-state index is 12.4. The largest absolute Gasteiger partial charge is 0.480 e. The number of aliphatic carboxylic acids is 1. The van der Waals surface area contributed by atoms with Gasteiger partial charge in [-0.15, -0.1) is 0 Å². The van der Waals surface area contributed by atoms with Gasteiger partial charge < -0.3 is 14.6 Å². The molecule has 5 nitrogen and oxygen atoms in total. The minimum absolute atomic E-state index is 0.293. The van der Waals surface area contributed by atoms with Crippen LogP contribution in [0, 0.1) is 0 Å². The van der Waals surface area contributed by atoms with Crippen molar-refractivity contribution < 1.29 is 14.7 Å². The third kappa shape index (κ3) is 3.13. The van der Waals surface area contributed by atoms with Crippen LogP contribution in [0.25, 0.3) is 5.69 Å². The number of carboxylic acids is 1. The highest BCUT2D eigenvalue weighted by Crippen LogP contribution is 2.14. The zero-order chi connectivity index (χ0) is 15.4. The lowest BCUT2D eigenvalue weighted by Crippen LogP contribution is -2.41.